The fourth-order valence-corrected chi connectivity index (χ4v) is 3.78. The maximum absolute atomic E-state index is 12.7. The molecule has 1 aliphatic heterocycles. The van der Waals surface area contributed by atoms with Gasteiger partial charge in [-0.25, -0.2) is 4.79 Å². The highest BCUT2D eigenvalue weighted by atomic mass is 32.1. The average Bonchev–Trinajstić information content (AvgIpc) is 3.21. The normalized spacial score (nSPS) is 19.5. The lowest BCUT2D eigenvalue weighted by Gasteiger charge is -2.20. The summed E-state index contributed by atoms with van der Waals surface area (Å²) in [6.07, 6.45) is 0.700. The Labute approximate surface area is 156 Å². The molecule has 2 N–H and O–H groups in total. The van der Waals surface area contributed by atoms with E-state index in [9.17, 15) is 14.4 Å². The molecule has 4 amide bonds. The second-order valence-corrected chi connectivity index (χ2v) is 7.26. The summed E-state index contributed by atoms with van der Waals surface area (Å²) in [6.45, 7) is 3.86. The Bertz CT molecular complexity index is 834. The van der Waals surface area contributed by atoms with Gasteiger partial charge in [0.1, 0.15) is 12.1 Å². The van der Waals surface area contributed by atoms with Crippen molar-refractivity contribution in [3.8, 4) is 0 Å². The Balaban J connectivity index is 1.57. The zero-order chi connectivity index (χ0) is 18.7. The predicted molar refractivity (Wildman–Crippen MR) is 99.8 cm³/mol. The molecule has 1 aromatic carbocycles. The van der Waals surface area contributed by atoms with Gasteiger partial charge >= 0.3 is 6.03 Å². The van der Waals surface area contributed by atoms with Crippen molar-refractivity contribution in [2.45, 2.75) is 25.8 Å². The van der Waals surface area contributed by atoms with Crippen LogP contribution in [0.1, 0.15) is 23.6 Å². The lowest BCUT2D eigenvalue weighted by molar-refractivity contribution is -0.134. The molecule has 0 bridgehead atoms. The minimum absolute atomic E-state index is 0.280. The van der Waals surface area contributed by atoms with Gasteiger partial charge < -0.3 is 10.6 Å². The van der Waals surface area contributed by atoms with E-state index in [1.54, 1.807) is 13.0 Å². The molecule has 6 nitrogen and oxygen atoms in total. The summed E-state index contributed by atoms with van der Waals surface area (Å²) in [5.74, 6) is -0.758. The van der Waals surface area contributed by atoms with Gasteiger partial charge in [0.15, 0.2) is 0 Å². The van der Waals surface area contributed by atoms with Gasteiger partial charge in [-0.3, -0.25) is 14.5 Å². The van der Waals surface area contributed by atoms with E-state index < -0.39 is 17.5 Å². The number of nitrogens with zero attached hydrogens (tertiary/aromatic N) is 1. The molecule has 2 heterocycles. The molecule has 3 rings (SSSR count). The van der Waals surface area contributed by atoms with Crippen LogP contribution in [0.15, 0.2) is 41.1 Å². The van der Waals surface area contributed by atoms with Crippen molar-refractivity contribution in [3.05, 3.63) is 57.8 Å². The largest absolute Gasteiger partial charge is 0.354 e. The number of rotatable bonds is 6. The van der Waals surface area contributed by atoms with E-state index in [2.05, 4.69) is 10.6 Å². The first-order valence-corrected chi connectivity index (χ1v) is 9.34. The molecular weight excluding hydrogens is 350 g/mol. The van der Waals surface area contributed by atoms with Crippen molar-refractivity contribution in [1.82, 2.24) is 15.5 Å². The first-order chi connectivity index (χ1) is 12.4. The number of carbonyl (C=O) groups excluding carboxylic acids is 3. The minimum Gasteiger partial charge on any atom is -0.354 e. The molecule has 1 unspecified atom stereocenters. The van der Waals surface area contributed by atoms with Crippen molar-refractivity contribution in [2.75, 3.05) is 13.1 Å². The molecule has 1 aliphatic rings. The van der Waals surface area contributed by atoms with Gasteiger partial charge in [0, 0.05) is 6.54 Å². The van der Waals surface area contributed by atoms with E-state index in [-0.39, 0.29) is 12.5 Å². The third-order valence-electron chi connectivity index (χ3n) is 4.65. The summed E-state index contributed by atoms with van der Waals surface area (Å²) in [5, 5.41) is 9.14. The summed E-state index contributed by atoms with van der Waals surface area (Å²) < 4.78 is 0. The van der Waals surface area contributed by atoms with Crippen LogP contribution in [0.5, 0.6) is 0 Å². The number of hydrogen-bond donors (Lipinski definition) is 2. The highest BCUT2D eigenvalue weighted by Gasteiger charge is 2.49. The maximum atomic E-state index is 12.7. The van der Waals surface area contributed by atoms with Crippen LogP contribution in [0.3, 0.4) is 0 Å². The molecule has 1 aromatic heterocycles. The number of imide groups is 1. The van der Waals surface area contributed by atoms with Gasteiger partial charge in [-0.05, 0) is 53.8 Å². The van der Waals surface area contributed by atoms with Crippen molar-refractivity contribution < 1.29 is 14.4 Å². The second kappa shape index (κ2) is 7.29. The van der Waals surface area contributed by atoms with Crippen LogP contribution in [0.2, 0.25) is 0 Å². The molecule has 26 heavy (non-hydrogen) atoms. The minimum atomic E-state index is -1.11. The van der Waals surface area contributed by atoms with Gasteiger partial charge in [0.25, 0.3) is 5.91 Å². The fourth-order valence-electron chi connectivity index (χ4n) is 3.01. The van der Waals surface area contributed by atoms with Crippen molar-refractivity contribution in [3.63, 3.8) is 0 Å². The monoisotopic (exact) mass is 371 g/mol. The van der Waals surface area contributed by atoms with E-state index in [0.717, 1.165) is 16.0 Å². The molecule has 0 saturated carbocycles. The maximum Gasteiger partial charge on any atom is 0.325 e. The lowest BCUT2D eigenvalue weighted by Crippen LogP contribution is -2.43. The zero-order valence-electron chi connectivity index (χ0n) is 14.7. The quantitative estimate of drug-likeness (QED) is 0.764. The molecular formula is C19H21N3O3S. The van der Waals surface area contributed by atoms with Crippen molar-refractivity contribution >= 4 is 29.2 Å². The first kappa shape index (κ1) is 18.1. The summed E-state index contributed by atoms with van der Waals surface area (Å²) >= 11 is 1.45. The molecule has 1 atom stereocenters. The average molecular weight is 371 g/mol. The molecule has 7 heteroatoms. The number of benzene rings is 1. The molecule has 0 spiro atoms. The van der Waals surface area contributed by atoms with Crippen molar-refractivity contribution in [1.29, 1.82) is 0 Å². The fraction of sp³-hybridized carbons (Fsp3) is 0.316. The standard InChI is InChI=1S/C19H21N3O3S/c1-13-5-3-4-6-14(13)7-9-20-16(23)11-22-17(24)19(2,21-18(22)25)15-8-10-26-12-15/h3-6,8,10,12H,7,9,11H2,1-2H3,(H,20,23)(H,21,25). The van der Waals surface area contributed by atoms with Gasteiger partial charge in [0.05, 0.1) is 0 Å². The molecule has 1 fully saturated rings. The lowest BCUT2D eigenvalue weighted by atomic mass is 9.95. The van der Waals surface area contributed by atoms with Crippen LogP contribution in [-0.2, 0) is 21.5 Å². The topological polar surface area (TPSA) is 78.5 Å². The second-order valence-electron chi connectivity index (χ2n) is 6.48. The number of urea groups is 1. The molecule has 0 aliphatic carbocycles. The third kappa shape index (κ3) is 3.48. The van der Waals surface area contributed by atoms with Crippen LogP contribution in [0, 0.1) is 6.92 Å². The number of amides is 4. The van der Waals surface area contributed by atoms with Crippen LogP contribution in [-0.4, -0.2) is 35.8 Å². The highest BCUT2D eigenvalue weighted by Crippen LogP contribution is 2.29. The smallest absolute Gasteiger partial charge is 0.325 e. The van der Waals surface area contributed by atoms with Gasteiger partial charge in [-0.15, -0.1) is 0 Å². The third-order valence-corrected chi connectivity index (χ3v) is 5.34. The number of nitrogens with one attached hydrogen (secondary N) is 2. The number of aryl methyl sites for hydroxylation is 1. The molecule has 0 radical (unpaired) electrons. The van der Waals surface area contributed by atoms with E-state index in [1.165, 1.54) is 16.9 Å². The zero-order valence-corrected chi connectivity index (χ0v) is 15.6. The molecule has 136 valence electrons. The summed E-state index contributed by atoms with van der Waals surface area (Å²) in [6, 6.07) is 9.23. The van der Waals surface area contributed by atoms with E-state index >= 15 is 0 Å². The van der Waals surface area contributed by atoms with E-state index in [4.69, 9.17) is 0 Å². The number of hydrogen-bond acceptors (Lipinski definition) is 4. The highest BCUT2D eigenvalue weighted by molar-refractivity contribution is 7.08. The number of carbonyl (C=O) groups is 3. The Kier molecular flexibility index (Phi) is 5.08. The van der Waals surface area contributed by atoms with E-state index in [0.29, 0.717) is 13.0 Å². The van der Waals surface area contributed by atoms with Gasteiger partial charge in [-0.1, -0.05) is 24.3 Å². The first-order valence-electron chi connectivity index (χ1n) is 8.40. The Morgan fingerprint density at radius 2 is 2.04 bits per heavy atom. The Morgan fingerprint density at radius 3 is 2.73 bits per heavy atom. The Morgan fingerprint density at radius 1 is 1.27 bits per heavy atom. The Hall–Kier alpha value is -2.67. The van der Waals surface area contributed by atoms with Crippen LogP contribution >= 0.6 is 11.3 Å². The summed E-state index contributed by atoms with van der Waals surface area (Å²) in [5.41, 5.74) is 1.94. The molecule has 1 saturated heterocycles. The van der Waals surface area contributed by atoms with E-state index in [1.807, 2.05) is 41.9 Å². The predicted octanol–water partition coefficient (Wildman–Crippen LogP) is 2.18. The van der Waals surface area contributed by atoms with Crippen LogP contribution in [0.25, 0.3) is 0 Å². The van der Waals surface area contributed by atoms with Gasteiger partial charge in [-0.2, -0.15) is 11.3 Å². The summed E-state index contributed by atoms with van der Waals surface area (Å²) in [7, 11) is 0. The molecule has 2 aromatic rings. The van der Waals surface area contributed by atoms with Crippen molar-refractivity contribution in [2.24, 2.45) is 0 Å². The van der Waals surface area contributed by atoms with Crippen LogP contribution < -0.4 is 10.6 Å². The van der Waals surface area contributed by atoms with Crippen LogP contribution in [0.4, 0.5) is 4.79 Å². The number of thiophene rings is 1. The summed E-state index contributed by atoms with van der Waals surface area (Å²) in [4.78, 5) is 38.0. The SMILES string of the molecule is Cc1ccccc1CCNC(=O)CN1C(=O)NC(C)(c2ccsc2)C1=O. The van der Waals surface area contributed by atoms with Gasteiger partial charge in [0.2, 0.25) is 5.91 Å².